The van der Waals surface area contributed by atoms with Crippen molar-refractivity contribution in [3.63, 3.8) is 0 Å². The molecule has 61 heavy (non-hydrogen) atoms. The van der Waals surface area contributed by atoms with Gasteiger partial charge in [0.05, 0.1) is 0 Å². The second kappa shape index (κ2) is 14.3. The van der Waals surface area contributed by atoms with Crippen LogP contribution in [0.15, 0.2) is 217 Å². The standard InChI is InChI=1S/C57H35N3O/c1-2-13-36(14-3-1)43-17-8-9-20-48(43)57-59-55(40-29-25-38(26-30-40)45-22-12-24-52-54(45)49-21-10-11-23-51(49)61-52)58-56(60-57)41-31-27-39(28-32-41)53-46-19-7-5-16-42(46)35-50-44-18-6-4-15-37(44)33-34-47(50)53/h1-35H. The van der Waals surface area contributed by atoms with Crippen molar-refractivity contribution < 1.29 is 4.42 Å². The molecule has 0 fully saturated rings. The molecule has 12 rings (SSSR count). The van der Waals surface area contributed by atoms with Crippen molar-refractivity contribution in [3.05, 3.63) is 212 Å². The van der Waals surface area contributed by atoms with Crippen molar-refractivity contribution in [1.82, 2.24) is 15.0 Å². The second-order valence-corrected chi connectivity index (χ2v) is 15.5. The summed E-state index contributed by atoms with van der Waals surface area (Å²) in [5.74, 6) is 1.84. The normalized spacial score (nSPS) is 11.6. The van der Waals surface area contributed by atoms with Gasteiger partial charge in [-0.3, -0.25) is 0 Å². The van der Waals surface area contributed by atoms with Crippen LogP contribution < -0.4 is 0 Å². The minimum Gasteiger partial charge on any atom is -0.456 e. The van der Waals surface area contributed by atoms with Crippen LogP contribution in [-0.4, -0.2) is 15.0 Å². The van der Waals surface area contributed by atoms with Gasteiger partial charge in [-0.2, -0.15) is 0 Å². The zero-order valence-electron chi connectivity index (χ0n) is 33.0. The summed E-state index contributed by atoms with van der Waals surface area (Å²) in [7, 11) is 0. The lowest BCUT2D eigenvalue weighted by molar-refractivity contribution is 0.669. The Morgan fingerprint density at radius 3 is 1.59 bits per heavy atom. The summed E-state index contributed by atoms with van der Waals surface area (Å²) in [6.07, 6.45) is 0. The first-order chi connectivity index (χ1) is 30.2. The largest absolute Gasteiger partial charge is 0.456 e. The van der Waals surface area contributed by atoms with Gasteiger partial charge in [0.25, 0.3) is 0 Å². The first-order valence-electron chi connectivity index (χ1n) is 20.6. The van der Waals surface area contributed by atoms with Crippen molar-refractivity contribution in [2.24, 2.45) is 0 Å². The van der Waals surface area contributed by atoms with E-state index in [0.717, 1.165) is 66.4 Å². The van der Waals surface area contributed by atoms with E-state index in [4.69, 9.17) is 19.4 Å². The summed E-state index contributed by atoms with van der Waals surface area (Å²) in [5.41, 5.74) is 11.3. The third-order valence-corrected chi connectivity index (χ3v) is 11.9. The van der Waals surface area contributed by atoms with Crippen molar-refractivity contribution in [2.75, 3.05) is 0 Å². The second-order valence-electron chi connectivity index (χ2n) is 15.5. The van der Waals surface area contributed by atoms with E-state index in [2.05, 4.69) is 182 Å². The molecule has 0 aliphatic carbocycles. The molecule has 0 aliphatic rings. The molecule has 0 aliphatic heterocycles. The maximum Gasteiger partial charge on any atom is 0.164 e. The molecular formula is C57H35N3O. The number of aromatic nitrogens is 3. The molecule has 0 radical (unpaired) electrons. The van der Waals surface area contributed by atoms with Crippen LogP contribution in [0.5, 0.6) is 0 Å². The molecule has 0 bridgehead atoms. The Hall–Kier alpha value is -8.21. The van der Waals surface area contributed by atoms with Gasteiger partial charge in [0.15, 0.2) is 17.5 Å². The van der Waals surface area contributed by atoms with Gasteiger partial charge in [-0.15, -0.1) is 0 Å². The van der Waals surface area contributed by atoms with Crippen LogP contribution in [0.1, 0.15) is 0 Å². The first kappa shape index (κ1) is 34.8. The first-order valence-corrected chi connectivity index (χ1v) is 20.6. The zero-order chi connectivity index (χ0) is 40.3. The van der Waals surface area contributed by atoms with E-state index in [1.807, 2.05) is 30.3 Å². The van der Waals surface area contributed by atoms with Crippen LogP contribution in [0, 0.1) is 0 Å². The van der Waals surface area contributed by atoms with Gasteiger partial charge in [0.1, 0.15) is 11.2 Å². The Morgan fingerprint density at radius 2 is 0.820 bits per heavy atom. The van der Waals surface area contributed by atoms with E-state index in [9.17, 15) is 0 Å². The third kappa shape index (κ3) is 5.96. The number of furan rings is 1. The van der Waals surface area contributed by atoms with E-state index in [1.165, 1.54) is 37.9 Å². The topological polar surface area (TPSA) is 51.8 Å². The van der Waals surface area contributed by atoms with Gasteiger partial charge in [-0.05, 0) is 83.9 Å². The highest BCUT2D eigenvalue weighted by atomic mass is 16.3. The molecule has 0 atom stereocenters. The molecule has 0 amide bonds. The zero-order valence-corrected chi connectivity index (χ0v) is 33.0. The molecule has 0 saturated carbocycles. The molecule has 0 N–H and O–H groups in total. The highest BCUT2D eigenvalue weighted by Crippen LogP contribution is 2.41. The highest BCUT2D eigenvalue weighted by molar-refractivity contribution is 6.20. The van der Waals surface area contributed by atoms with Crippen LogP contribution in [0.25, 0.3) is 122 Å². The number of rotatable bonds is 6. The van der Waals surface area contributed by atoms with Crippen molar-refractivity contribution in [3.8, 4) is 67.5 Å². The fraction of sp³-hybridized carbons (Fsp3) is 0. The number of fused-ring (bicyclic) bond motifs is 7. The molecule has 284 valence electrons. The van der Waals surface area contributed by atoms with Gasteiger partial charge < -0.3 is 4.42 Å². The summed E-state index contributed by atoms with van der Waals surface area (Å²) in [6, 6.07) is 74.6. The van der Waals surface area contributed by atoms with Gasteiger partial charge >= 0.3 is 0 Å². The predicted octanol–water partition coefficient (Wildman–Crippen LogP) is 15.2. The molecule has 12 aromatic rings. The molecule has 0 spiro atoms. The van der Waals surface area contributed by atoms with Crippen LogP contribution in [0.4, 0.5) is 0 Å². The molecule has 4 nitrogen and oxygen atoms in total. The van der Waals surface area contributed by atoms with Gasteiger partial charge in [-0.25, -0.2) is 15.0 Å². The van der Waals surface area contributed by atoms with E-state index < -0.39 is 0 Å². The van der Waals surface area contributed by atoms with Crippen LogP contribution in [-0.2, 0) is 0 Å². The predicted molar refractivity (Wildman–Crippen MR) is 252 cm³/mol. The van der Waals surface area contributed by atoms with Crippen LogP contribution >= 0.6 is 0 Å². The molecule has 4 heteroatoms. The summed E-state index contributed by atoms with van der Waals surface area (Å²) in [6.45, 7) is 0. The minimum atomic E-state index is 0.609. The monoisotopic (exact) mass is 777 g/mol. The van der Waals surface area contributed by atoms with Crippen molar-refractivity contribution >= 4 is 54.3 Å². The third-order valence-electron chi connectivity index (χ3n) is 11.9. The van der Waals surface area contributed by atoms with E-state index in [-0.39, 0.29) is 0 Å². The molecule has 10 aromatic carbocycles. The van der Waals surface area contributed by atoms with E-state index >= 15 is 0 Å². The maximum atomic E-state index is 6.22. The Morgan fingerprint density at radius 1 is 0.279 bits per heavy atom. The molecule has 2 aromatic heterocycles. The lowest BCUT2D eigenvalue weighted by Crippen LogP contribution is -2.01. The van der Waals surface area contributed by atoms with E-state index in [0.29, 0.717) is 17.5 Å². The van der Waals surface area contributed by atoms with Gasteiger partial charge in [0.2, 0.25) is 0 Å². The minimum absolute atomic E-state index is 0.609. The van der Waals surface area contributed by atoms with Crippen molar-refractivity contribution in [1.29, 1.82) is 0 Å². The van der Waals surface area contributed by atoms with Crippen LogP contribution in [0.3, 0.4) is 0 Å². The number of hydrogen-bond acceptors (Lipinski definition) is 4. The SMILES string of the molecule is c1ccc(-c2ccccc2-c2nc(-c3ccc(-c4c5ccccc5cc5c4ccc4ccccc45)cc3)nc(-c3ccc(-c4cccc5oc6ccccc6c45)cc3)n2)cc1. The van der Waals surface area contributed by atoms with Crippen LogP contribution in [0.2, 0.25) is 0 Å². The quantitative estimate of drug-likeness (QED) is 0.125. The Balaban J connectivity index is 1.000. The maximum absolute atomic E-state index is 6.22. The molecule has 2 heterocycles. The molecule has 0 saturated heterocycles. The Bertz CT molecular complexity index is 3630. The molecular weight excluding hydrogens is 743 g/mol. The Kier molecular flexibility index (Phi) is 8.13. The number of benzene rings is 10. The number of hydrogen-bond donors (Lipinski definition) is 0. The average Bonchev–Trinajstić information content (AvgIpc) is 3.73. The van der Waals surface area contributed by atoms with Crippen molar-refractivity contribution in [2.45, 2.75) is 0 Å². The van der Waals surface area contributed by atoms with Gasteiger partial charge in [-0.1, -0.05) is 194 Å². The summed E-state index contributed by atoms with van der Waals surface area (Å²) in [4.78, 5) is 15.6. The lowest BCUT2D eigenvalue weighted by atomic mass is 9.89. The lowest BCUT2D eigenvalue weighted by Gasteiger charge is -2.15. The fourth-order valence-corrected chi connectivity index (χ4v) is 9.03. The number of para-hydroxylation sites is 1. The highest BCUT2D eigenvalue weighted by Gasteiger charge is 2.18. The van der Waals surface area contributed by atoms with E-state index in [1.54, 1.807) is 0 Å². The Labute approximate surface area is 352 Å². The fourth-order valence-electron chi connectivity index (χ4n) is 9.03. The summed E-state index contributed by atoms with van der Waals surface area (Å²) >= 11 is 0. The number of nitrogens with zero attached hydrogens (tertiary/aromatic N) is 3. The smallest absolute Gasteiger partial charge is 0.164 e. The summed E-state index contributed by atoms with van der Waals surface area (Å²) < 4.78 is 6.22. The molecule has 0 unspecified atom stereocenters. The summed E-state index contributed by atoms with van der Waals surface area (Å²) in [5, 5.41) is 9.63. The van der Waals surface area contributed by atoms with Gasteiger partial charge in [0, 0.05) is 27.5 Å². The average molecular weight is 778 g/mol.